The van der Waals surface area contributed by atoms with E-state index in [-0.39, 0.29) is 19.0 Å². The maximum Gasteiger partial charge on any atom is 0.303 e. The van der Waals surface area contributed by atoms with Crippen LogP contribution >= 0.6 is 0 Å². The largest absolute Gasteiger partial charge is 0.481 e. The number of hydrogen-bond donors (Lipinski definition) is 4. The van der Waals surface area contributed by atoms with E-state index in [0.29, 0.717) is 18.5 Å². The Kier molecular flexibility index (Phi) is 9.54. The Bertz CT molecular complexity index is 1200. The van der Waals surface area contributed by atoms with Gasteiger partial charge in [-0.05, 0) is 47.7 Å². The number of pyridine rings is 1. The first-order chi connectivity index (χ1) is 17.1. The number of aliphatic carboxylic acids is 1. The van der Waals surface area contributed by atoms with Crippen molar-refractivity contribution in [3.63, 3.8) is 0 Å². The number of aliphatic hydroxyl groups is 1. The fraction of sp³-hybridized carbons (Fsp3) is 0.185. The number of carboxylic acids is 1. The van der Waals surface area contributed by atoms with Gasteiger partial charge in [-0.15, -0.1) is 4.99 Å². The van der Waals surface area contributed by atoms with Crippen LogP contribution in [0.25, 0.3) is 5.57 Å². The first-order valence-electron chi connectivity index (χ1n) is 11.2. The van der Waals surface area contributed by atoms with Crippen molar-refractivity contribution in [3.05, 3.63) is 102 Å². The van der Waals surface area contributed by atoms with E-state index in [4.69, 9.17) is 5.11 Å². The van der Waals surface area contributed by atoms with Crippen molar-refractivity contribution in [2.45, 2.75) is 25.3 Å². The summed E-state index contributed by atoms with van der Waals surface area (Å²) in [5.41, 5.74) is 4.29. The molecule has 178 valence electrons. The Morgan fingerprint density at radius 1 is 1.11 bits per heavy atom. The number of hydrogen-bond acceptors (Lipinski definition) is 5. The molecule has 0 amide bonds. The van der Waals surface area contributed by atoms with Crippen molar-refractivity contribution in [2.24, 2.45) is 4.99 Å². The van der Waals surface area contributed by atoms with Gasteiger partial charge >= 0.3 is 5.97 Å². The maximum atomic E-state index is 10.9. The number of carboxylic acid groups (broad SMARTS) is 1. The number of aromatic nitrogens is 1. The molecule has 8 nitrogen and oxygen atoms in total. The van der Waals surface area contributed by atoms with Crippen LogP contribution in [0.4, 0.5) is 5.69 Å². The van der Waals surface area contributed by atoms with Gasteiger partial charge in [-0.25, -0.2) is 0 Å². The van der Waals surface area contributed by atoms with Crippen LogP contribution in [0.3, 0.4) is 0 Å². The summed E-state index contributed by atoms with van der Waals surface area (Å²) < 4.78 is 0. The average molecular weight is 470 g/mol. The molecule has 0 saturated carbocycles. The molecule has 1 aromatic heterocycles. The number of benzene rings is 2. The maximum absolute atomic E-state index is 10.9. The van der Waals surface area contributed by atoms with Crippen molar-refractivity contribution < 1.29 is 15.0 Å². The molecular weight excluding hydrogens is 442 g/mol. The quantitative estimate of drug-likeness (QED) is 0.150. The van der Waals surface area contributed by atoms with E-state index in [0.717, 1.165) is 22.3 Å². The predicted molar refractivity (Wildman–Crippen MR) is 135 cm³/mol. The van der Waals surface area contributed by atoms with Crippen LogP contribution in [0.5, 0.6) is 0 Å². The Morgan fingerprint density at radius 2 is 1.91 bits per heavy atom. The molecule has 1 unspecified atom stereocenters. The molecule has 0 radical (unpaired) electrons. The summed E-state index contributed by atoms with van der Waals surface area (Å²) in [4.78, 5) is 18.9. The van der Waals surface area contributed by atoms with Crippen LogP contribution in [-0.2, 0) is 4.79 Å². The number of nitrogens with one attached hydrogen (secondary N) is 2. The minimum absolute atomic E-state index is 0.103. The van der Waals surface area contributed by atoms with Gasteiger partial charge in [0, 0.05) is 30.1 Å². The Morgan fingerprint density at radius 3 is 2.60 bits per heavy atom. The second-order valence-electron chi connectivity index (χ2n) is 7.70. The van der Waals surface area contributed by atoms with Gasteiger partial charge in [0.05, 0.1) is 12.6 Å². The van der Waals surface area contributed by atoms with Gasteiger partial charge < -0.3 is 20.8 Å². The van der Waals surface area contributed by atoms with Gasteiger partial charge in [-0.1, -0.05) is 54.6 Å². The third kappa shape index (κ3) is 7.81. The number of unbranched alkanes of at least 4 members (excludes halogenated alkanes) is 1. The molecule has 1 heterocycles. The van der Waals surface area contributed by atoms with Crippen molar-refractivity contribution in [2.75, 3.05) is 11.9 Å². The van der Waals surface area contributed by atoms with Gasteiger partial charge in [-0.2, -0.15) is 5.26 Å². The number of aliphatic hydroxyl groups excluding tert-OH is 1. The summed E-state index contributed by atoms with van der Waals surface area (Å²) in [6.45, 7) is -0.180. The number of nitrogens with zero attached hydrogens (tertiary/aromatic N) is 3. The number of anilines is 1. The highest BCUT2D eigenvalue weighted by molar-refractivity contribution is 5.95. The zero-order chi connectivity index (χ0) is 24.9. The lowest BCUT2D eigenvalue weighted by atomic mass is 9.97. The van der Waals surface area contributed by atoms with Crippen molar-refractivity contribution >= 4 is 23.2 Å². The number of rotatable bonds is 10. The minimum atomic E-state index is -0.818. The third-order valence-electron chi connectivity index (χ3n) is 5.21. The standard InChI is InChI=1S/C27H27N5O3/c28-19-30-27(32-25(18-33)20-8-2-1-3-9-20)31-23-12-6-10-21(16-23)24(13-4-5-14-26(34)35)22-11-7-15-29-17-22/h1-3,6-13,15-17,25,33H,4-5,14,18H2,(H,34,35)(H2,30,31,32). The highest BCUT2D eigenvalue weighted by atomic mass is 16.4. The van der Waals surface area contributed by atoms with Crippen molar-refractivity contribution in [1.29, 1.82) is 5.26 Å². The second-order valence-corrected chi connectivity index (χ2v) is 7.70. The molecule has 0 aliphatic rings. The molecule has 3 aromatic rings. The fourth-order valence-corrected chi connectivity index (χ4v) is 3.56. The SMILES string of the molecule is N#CN=C(Nc1cccc(C(=CCCCC(=O)O)c2cccnc2)c1)NC(CO)c1ccccc1. The molecule has 8 heteroatoms. The number of allylic oxidation sites excluding steroid dienone is 1. The molecule has 1 atom stereocenters. The van der Waals surface area contributed by atoms with E-state index in [2.05, 4.69) is 20.6 Å². The monoisotopic (exact) mass is 469 g/mol. The first-order valence-corrected chi connectivity index (χ1v) is 11.2. The predicted octanol–water partition coefficient (Wildman–Crippen LogP) is 4.34. The lowest BCUT2D eigenvalue weighted by molar-refractivity contribution is -0.137. The summed E-state index contributed by atoms with van der Waals surface area (Å²) in [7, 11) is 0. The Labute approximate surface area is 204 Å². The van der Waals surface area contributed by atoms with Gasteiger partial charge in [0.15, 0.2) is 0 Å². The molecule has 35 heavy (non-hydrogen) atoms. The third-order valence-corrected chi connectivity index (χ3v) is 5.21. The molecule has 0 spiro atoms. The topological polar surface area (TPSA) is 131 Å². The fourth-order valence-electron chi connectivity index (χ4n) is 3.56. The van der Waals surface area contributed by atoms with E-state index in [1.807, 2.05) is 72.8 Å². The number of guanidine groups is 1. The molecular formula is C27H27N5O3. The van der Waals surface area contributed by atoms with Crippen molar-refractivity contribution in [3.8, 4) is 6.19 Å². The van der Waals surface area contributed by atoms with E-state index in [9.17, 15) is 15.2 Å². The molecule has 0 aliphatic heterocycles. The molecule has 2 aromatic carbocycles. The number of nitriles is 1. The van der Waals surface area contributed by atoms with E-state index in [1.54, 1.807) is 18.6 Å². The lowest BCUT2D eigenvalue weighted by Gasteiger charge is -2.20. The molecule has 0 fully saturated rings. The summed E-state index contributed by atoms with van der Waals surface area (Å²) in [5.74, 6) is -0.609. The van der Waals surface area contributed by atoms with Crippen molar-refractivity contribution in [1.82, 2.24) is 10.3 Å². The first kappa shape index (κ1) is 25.1. The summed E-state index contributed by atoms with van der Waals surface area (Å²) >= 11 is 0. The van der Waals surface area contributed by atoms with E-state index < -0.39 is 12.0 Å². The minimum Gasteiger partial charge on any atom is -0.481 e. The Balaban J connectivity index is 1.84. The number of carbonyl (C=O) groups is 1. The zero-order valence-electron chi connectivity index (χ0n) is 19.1. The van der Waals surface area contributed by atoms with Crippen LogP contribution in [0.15, 0.2) is 90.2 Å². The summed E-state index contributed by atoms with van der Waals surface area (Å²) in [5, 5.41) is 34.2. The second kappa shape index (κ2) is 13.3. The smallest absolute Gasteiger partial charge is 0.303 e. The summed E-state index contributed by atoms with van der Waals surface area (Å²) in [6, 6.07) is 20.4. The average Bonchev–Trinajstić information content (AvgIpc) is 2.88. The zero-order valence-corrected chi connectivity index (χ0v) is 19.1. The molecule has 0 aliphatic carbocycles. The number of aliphatic imine (C=N–C) groups is 1. The highest BCUT2D eigenvalue weighted by Crippen LogP contribution is 2.26. The molecule has 4 N–H and O–H groups in total. The highest BCUT2D eigenvalue weighted by Gasteiger charge is 2.13. The molecule has 0 bridgehead atoms. The normalized spacial score (nSPS) is 12.5. The molecule has 3 rings (SSSR count). The van der Waals surface area contributed by atoms with Crippen LogP contribution in [0.1, 0.15) is 42.0 Å². The Hall–Kier alpha value is -4.48. The van der Waals surface area contributed by atoms with E-state index in [1.165, 1.54) is 0 Å². The summed E-state index contributed by atoms with van der Waals surface area (Å²) in [6.07, 6.45) is 8.50. The van der Waals surface area contributed by atoms with Crippen LogP contribution in [-0.4, -0.2) is 33.7 Å². The lowest BCUT2D eigenvalue weighted by Crippen LogP contribution is -2.35. The van der Waals surface area contributed by atoms with Gasteiger partial charge in [0.2, 0.25) is 12.2 Å². The van der Waals surface area contributed by atoms with E-state index >= 15 is 0 Å². The van der Waals surface area contributed by atoms with Gasteiger partial charge in [0.25, 0.3) is 0 Å². The van der Waals surface area contributed by atoms with Gasteiger partial charge in [-0.3, -0.25) is 9.78 Å². The van der Waals surface area contributed by atoms with Crippen LogP contribution < -0.4 is 10.6 Å². The van der Waals surface area contributed by atoms with Crippen LogP contribution in [0, 0.1) is 11.5 Å². The van der Waals surface area contributed by atoms with Gasteiger partial charge in [0.1, 0.15) is 0 Å². The molecule has 0 saturated heterocycles. The van der Waals surface area contributed by atoms with Crippen LogP contribution in [0.2, 0.25) is 0 Å².